The molecule has 35 heavy (non-hydrogen) atoms. The molecular weight excluding hydrogens is 488 g/mol. The number of hydrogen-bond acceptors (Lipinski definition) is 6. The van der Waals surface area contributed by atoms with Crippen LogP contribution in [0.15, 0.2) is 41.4 Å². The first-order valence-electron chi connectivity index (χ1n) is 11.5. The molecule has 1 aliphatic rings. The molecule has 0 saturated heterocycles. The van der Waals surface area contributed by atoms with E-state index in [9.17, 15) is 14.4 Å². The summed E-state index contributed by atoms with van der Waals surface area (Å²) in [5, 5.41) is 6.15. The van der Waals surface area contributed by atoms with E-state index in [-0.39, 0.29) is 24.1 Å². The molecule has 1 aliphatic heterocycles. The maximum atomic E-state index is 13.7. The minimum atomic E-state index is -0.823. The lowest BCUT2D eigenvalue weighted by Gasteiger charge is -2.27. The number of halogens is 1. The lowest BCUT2D eigenvalue weighted by molar-refractivity contribution is -0.120. The minimum absolute atomic E-state index is 0.230. The average Bonchev–Trinajstić information content (AvgIpc) is 2.91. The zero-order valence-corrected chi connectivity index (χ0v) is 22.0. The van der Waals surface area contributed by atoms with Gasteiger partial charge in [-0.2, -0.15) is 0 Å². The monoisotopic (exact) mass is 518 g/mol. The molecule has 10 heteroatoms. The minimum Gasteiger partial charge on any atom is -0.444 e. The number of nitrogens with one attached hydrogen (secondary N) is 2. The van der Waals surface area contributed by atoms with Gasteiger partial charge in [0, 0.05) is 28.4 Å². The van der Waals surface area contributed by atoms with E-state index in [4.69, 9.17) is 16.3 Å². The van der Waals surface area contributed by atoms with Crippen LogP contribution >= 0.6 is 23.4 Å². The van der Waals surface area contributed by atoms with Gasteiger partial charge in [-0.1, -0.05) is 37.1 Å². The van der Waals surface area contributed by atoms with Gasteiger partial charge >= 0.3 is 6.09 Å². The third kappa shape index (κ3) is 7.60. The fraction of sp³-hybridized carbons (Fsp3) is 0.440. The van der Waals surface area contributed by atoms with Crippen molar-refractivity contribution in [2.24, 2.45) is 0 Å². The molecule has 1 aromatic carbocycles. The highest BCUT2D eigenvalue weighted by Gasteiger charge is 2.34. The second-order valence-electron chi connectivity index (χ2n) is 9.21. The number of ether oxygens (including phenoxy) is 1. The summed E-state index contributed by atoms with van der Waals surface area (Å²) in [5.41, 5.74) is 0.954. The lowest BCUT2D eigenvalue weighted by atomic mass is 10.1. The van der Waals surface area contributed by atoms with Crippen molar-refractivity contribution in [3.63, 3.8) is 0 Å². The number of carbonyl (C=O) groups excluding carboxylic acids is 3. The number of unbranched alkanes of at least 4 members (excludes halogenated alkanes) is 1. The van der Waals surface area contributed by atoms with Gasteiger partial charge in [-0.25, -0.2) is 9.78 Å². The number of anilines is 1. The highest BCUT2D eigenvalue weighted by atomic mass is 35.5. The van der Waals surface area contributed by atoms with E-state index in [0.29, 0.717) is 23.0 Å². The molecule has 8 nitrogen and oxygen atoms in total. The van der Waals surface area contributed by atoms with Crippen molar-refractivity contribution < 1.29 is 19.1 Å². The summed E-state index contributed by atoms with van der Waals surface area (Å²) in [6, 6.07) is 7.99. The van der Waals surface area contributed by atoms with Crippen LogP contribution in [0.2, 0.25) is 5.02 Å². The summed E-state index contributed by atoms with van der Waals surface area (Å²) in [7, 11) is 0. The molecule has 3 rings (SSSR count). The van der Waals surface area contributed by atoms with Crippen LogP contribution in [0, 0.1) is 0 Å². The number of carbonyl (C=O) groups is 3. The van der Waals surface area contributed by atoms with Crippen molar-refractivity contribution in [2.45, 2.75) is 63.6 Å². The van der Waals surface area contributed by atoms with Crippen LogP contribution in [-0.4, -0.2) is 46.8 Å². The summed E-state index contributed by atoms with van der Waals surface area (Å²) in [4.78, 5) is 45.4. The van der Waals surface area contributed by atoms with E-state index >= 15 is 0 Å². The first kappa shape index (κ1) is 26.8. The predicted octanol–water partition coefficient (Wildman–Crippen LogP) is 4.80. The molecule has 0 aliphatic carbocycles. The van der Waals surface area contributed by atoms with Crippen molar-refractivity contribution >= 4 is 47.0 Å². The van der Waals surface area contributed by atoms with Crippen molar-refractivity contribution in [2.75, 3.05) is 17.2 Å². The fourth-order valence-corrected chi connectivity index (χ4v) is 4.53. The van der Waals surface area contributed by atoms with Crippen molar-refractivity contribution in [3.05, 3.63) is 52.8 Å². The molecule has 0 spiro atoms. The fourth-order valence-electron chi connectivity index (χ4n) is 3.39. The number of rotatable bonds is 7. The number of thioether (sulfide) groups is 1. The van der Waals surface area contributed by atoms with Gasteiger partial charge in [0.05, 0.1) is 12.2 Å². The summed E-state index contributed by atoms with van der Waals surface area (Å²) < 4.78 is 5.36. The van der Waals surface area contributed by atoms with Crippen LogP contribution in [0.1, 0.15) is 56.6 Å². The van der Waals surface area contributed by atoms with Gasteiger partial charge in [0.1, 0.15) is 17.3 Å². The van der Waals surface area contributed by atoms with Crippen LogP contribution < -0.4 is 15.5 Å². The highest BCUT2D eigenvalue weighted by molar-refractivity contribution is 7.99. The Morgan fingerprint density at radius 1 is 1.26 bits per heavy atom. The first-order chi connectivity index (χ1) is 16.6. The molecule has 2 heterocycles. The van der Waals surface area contributed by atoms with Crippen LogP contribution in [-0.2, 0) is 16.1 Å². The molecular formula is C25H31ClN4O4S. The Morgan fingerprint density at radius 2 is 1.97 bits per heavy atom. The molecule has 0 unspecified atom stereocenters. The summed E-state index contributed by atoms with van der Waals surface area (Å²) in [5.74, 6) is -0.301. The number of hydrogen-bond donors (Lipinski definition) is 2. The molecule has 2 N–H and O–H groups in total. The van der Waals surface area contributed by atoms with Crippen molar-refractivity contribution in [3.8, 4) is 0 Å². The summed E-state index contributed by atoms with van der Waals surface area (Å²) >= 11 is 7.43. The average molecular weight is 519 g/mol. The van der Waals surface area contributed by atoms with Gasteiger partial charge in [-0.3, -0.25) is 9.59 Å². The molecule has 1 aromatic heterocycles. The third-order valence-corrected chi connectivity index (χ3v) is 6.48. The molecule has 188 valence electrons. The van der Waals surface area contributed by atoms with Gasteiger partial charge in [0.15, 0.2) is 0 Å². The Morgan fingerprint density at radius 3 is 2.63 bits per heavy atom. The normalized spacial score (nSPS) is 15.7. The first-order valence-corrected chi connectivity index (χ1v) is 12.9. The maximum absolute atomic E-state index is 13.7. The van der Waals surface area contributed by atoms with Gasteiger partial charge < -0.3 is 20.3 Å². The van der Waals surface area contributed by atoms with E-state index in [1.54, 1.807) is 50.1 Å². The SMILES string of the molecule is CCCCNC(=O)c1cc2c(cn1)SC[C@H](NC(=O)OC(C)(C)C)C(=O)N2Cc1ccc(Cl)cc1. The third-order valence-electron chi connectivity index (χ3n) is 5.10. The maximum Gasteiger partial charge on any atom is 0.408 e. The number of fused-ring (bicyclic) bond motifs is 1. The predicted molar refractivity (Wildman–Crippen MR) is 138 cm³/mol. The Kier molecular flexibility index (Phi) is 9.02. The number of nitrogens with zero attached hydrogens (tertiary/aromatic N) is 2. The molecule has 0 bridgehead atoms. The van der Waals surface area contributed by atoms with Crippen LogP contribution in [0.4, 0.5) is 10.5 Å². The quantitative estimate of drug-likeness (QED) is 0.511. The molecule has 1 atom stereocenters. The summed E-state index contributed by atoms with van der Waals surface area (Å²) in [6.45, 7) is 8.12. The molecule has 0 fully saturated rings. The zero-order valence-electron chi connectivity index (χ0n) is 20.4. The second-order valence-corrected chi connectivity index (χ2v) is 10.7. The molecule has 0 saturated carbocycles. The second kappa shape index (κ2) is 11.8. The van der Waals surface area contributed by atoms with Gasteiger partial charge in [-0.05, 0) is 51.0 Å². The number of alkyl carbamates (subject to hydrolysis) is 1. The van der Waals surface area contributed by atoms with Crippen LogP contribution in [0.5, 0.6) is 0 Å². The van der Waals surface area contributed by atoms with E-state index in [2.05, 4.69) is 15.6 Å². The Hall–Kier alpha value is -2.78. The lowest BCUT2D eigenvalue weighted by Crippen LogP contribution is -2.50. The van der Waals surface area contributed by atoms with Gasteiger partial charge in [0.2, 0.25) is 0 Å². The van der Waals surface area contributed by atoms with E-state index in [1.165, 1.54) is 11.8 Å². The Labute approximate surface area is 215 Å². The van der Waals surface area contributed by atoms with Crippen molar-refractivity contribution in [1.82, 2.24) is 15.6 Å². The van der Waals surface area contributed by atoms with E-state index in [1.807, 2.05) is 19.1 Å². The largest absolute Gasteiger partial charge is 0.444 e. The topological polar surface area (TPSA) is 101 Å². The van der Waals surface area contributed by atoms with Gasteiger partial charge in [-0.15, -0.1) is 11.8 Å². The summed E-state index contributed by atoms with van der Waals surface area (Å²) in [6.07, 6.45) is 2.77. The van der Waals surface area contributed by atoms with E-state index < -0.39 is 17.7 Å². The number of aromatic nitrogens is 1. The number of pyridine rings is 1. The Bertz CT molecular complexity index is 1070. The highest BCUT2D eigenvalue weighted by Crippen LogP contribution is 2.35. The number of amides is 3. The van der Waals surface area contributed by atoms with Crippen LogP contribution in [0.3, 0.4) is 0 Å². The van der Waals surface area contributed by atoms with E-state index in [0.717, 1.165) is 23.3 Å². The zero-order chi connectivity index (χ0) is 25.6. The molecule has 0 radical (unpaired) electrons. The molecule has 2 aromatic rings. The smallest absolute Gasteiger partial charge is 0.408 e. The van der Waals surface area contributed by atoms with Crippen LogP contribution in [0.25, 0.3) is 0 Å². The Balaban J connectivity index is 1.92. The standard InChI is InChI=1S/C25H31ClN4O4S/c1-5-6-11-27-22(31)18-12-20-21(13-28-18)35-15-19(29-24(33)34-25(2,3)4)23(32)30(20)14-16-7-9-17(26)10-8-16/h7-10,12-13,19H,5-6,11,14-15H2,1-4H3,(H,27,31)(H,29,33)/t19-/m0/s1. The van der Waals surface area contributed by atoms with Crippen molar-refractivity contribution in [1.29, 1.82) is 0 Å². The molecule has 3 amide bonds. The van der Waals surface area contributed by atoms with Gasteiger partial charge in [0.25, 0.3) is 11.8 Å². The number of benzene rings is 1.